The van der Waals surface area contributed by atoms with Crippen molar-refractivity contribution >= 4 is 11.6 Å². The molecule has 4 rings (SSSR count). The van der Waals surface area contributed by atoms with Crippen molar-refractivity contribution in [3.05, 3.63) is 70.4 Å². The average Bonchev–Trinajstić information content (AvgIpc) is 3.07. The predicted octanol–water partition coefficient (Wildman–Crippen LogP) is 3.01. The van der Waals surface area contributed by atoms with Crippen molar-refractivity contribution in [2.45, 2.75) is 24.4 Å². The molecule has 2 atom stereocenters. The number of hydrogen-bond donors (Lipinski definition) is 1. The lowest BCUT2D eigenvalue weighted by Crippen LogP contribution is -2.29. The topological polar surface area (TPSA) is 56.2 Å². The van der Waals surface area contributed by atoms with E-state index in [1.165, 1.54) is 0 Å². The SMILES string of the molecule is COc1nc2n(c(=O)c1-c1ccccc1)C(C1=CNC(Cl)C=C1)CC2. The summed E-state index contributed by atoms with van der Waals surface area (Å²) in [5, 5.41) is 3.08. The minimum Gasteiger partial charge on any atom is -0.480 e. The smallest absolute Gasteiger partial charge is 0.265 e. The van der Waals surface area contributed by atoms with Gasteiger partial charge in [0.2, 0.25) is 5.88 Å². The summed E-state index contributed by atoms with van der Waals surface area (Å²) in [7, 11) is 1.55. The zero-order chi connectivity index (χ0) is 17.4. The van der Waals surface area contributed by atoms with Gasteiger partial charge in [0.25, 0.3) is 5.56 Å². The molecule has 0 aliphatic carbocycles. The average molecular weight is 356 g/mol. The highest BCUT2D eigenvalue weighted by atomic mass is 35.5. The molecule has 0 bridgehead atoms. The zero-order valence-corrected chi connectivity index (χ0v) is 14.5. The first kappa shape index (κ1) is 16.0. The van der Waals surface area contributed by atoms with E-state index in [4.69, 9.17) is 16.3 Å². The van der Waals surface area contributed by atoms with Gasteiger partial charge >= 0.3 is 0 Å². The minimum atomic E-state index is -0.213. The van der Waals surface area contributed by atoms with Gasteiger partial charge in [0.1, 0.15) is 16.9 Å². The van der Waals surface area contributed by atoms with Gasteiger partial charge in [0.05, 0.1) is 13.2 Å². The lowest BCUT2D eigenvalue weighted by Gasteiger charge is -2.21. The number of nitrogens with zero attached hydrogens (tertiary/aromatic N) is 2. The first-order valence-corrected chi connectivity index (χ1v) is 8.66. The van der Waals surface area contributed by atoms with E-state index >= 15 is 0 Å². The van der Waals surface area contributed by atoms with Gasteiger partial charge in [-0.2, -0.15) is 4.98 Å². The summed E-state index contributed by atoms with van der Waals surface area (Å²) < 4.78 is 7.21. The van der Waals surface area contributed by atoms with Crippen molar-refractivity contribution in [2.24, 2.45) is 0 Å². The van der Waals surface area contributed by atoms with Gasteiger partial charge in [0.15, 0.2) is 0 Å². The number of hydrogen-bond acceptors (Lipinski definition) is 4. The van der Waals surface area contributed by atoms with Crippen LogP contribution in [0.4, 0.5) is 0 Å². The van der Waals surface area contributed by atoms with Crippen LogP contribution in [0.3, 0.4) is 0 Å². The molecule has 0 amide bonds. The number of alkyl halides is 1. The Kier molecular flexibility index (Phi) is 4.09. The van der Waals surface area contributed by atoms with E-state index in [9.17, 15) is 4.79 Å². The third kappa shape index (κ3) is 2.74. The predicted molar refractivity (Wildman–Crippen MR) is 97.8 cm³/mol. The molecule has 0 fully saturated rings. The number of allylic oxidation sites excluding steroid dienone is 2. The van der Waals surface area contributed by atoms with Crippen molar-refractivity contribution in [1.29, 1.82) is 0 Å². The Labute approximate surface area is 150 Å². The molecule has 3 heterocycles. The second-order valence-electron chi connectivity index (χ2n) is 6.08. The number of halogens is 1. The molecule has 0 saturated heterocycles. The number of fused-ring (bicyclic) bond motifs is 1. The number of aryl methyl sites for hydroxylation is 1. The molecule has 6 heteroatoms. The molecule has 0 saturated carbocycles. The number of nitrogens with one attached hydrogen (secondary N) is 1. The molecule has 0 radical (unpaired) electrons. The summed E-state index contributed by atoms with van der Waals surface area (Å²) in [5.41, 5.74) is 2.06. The van der Waals surface area contributed by atoms with E-state index in [0.29, 0.717) is 11.4 Å². The van der Waals surface area contributed by atoms with Crippen molar-refractivity contribution in [3.8, 4) is 17.0 Å². The van der Waals surface area contributed by atoms with Gasteiger partial charge in [-0.05, 0) is 23.6 Å². The lowest BCUT2D eigenvalue weighted by molar-refractivity contribution is 0.394. The van der Waals surface area contributed by atoms with Crippen LogP contribution in [0.1, 0.15) is 18.3 Å². The molecule has 1 N–H and O–H groups in total. The van der Waals surface area contributed by atoms with Crippen LogP contribution in [-0.4, -0.2) is 22.2 Å². The molecule has 1 aromatic carbocycles. The largest absolute Gasteiger partial charge is 0.480 e. The van der Waals surface area contributed by atoms with Crippen LogP contribution in [0.15, 0.2) is 59.1 Å². The quantitative estimate of drug-likeness (QED) is 0.679. The maximum atomic E-state index is 13.3. The van der Waals surface area contributed by atoms with E-state index in [1.807, 2.05) is 48.7 Å². The Balaban J connectivity index is 1.86. The Morgan fingerprint density at radius 1 is 1.32 bits per heavy atom. The first-order chi connectivity index (χ1) is 12.2. The number of benzene rings is 1. The summed E-state index contributed by atoms with van der Waals surface area (Å²) >= 11 is 6.03. The molecule has 5 nitrogen and oxygen atoms in total. The third-order valence-corrected chi connectivity index (χ3v) is 4.89. The fourth-order valence-corrected chi connectivity index (χ4v) is 3.58. The third-order valence-electron chi connectivity index (χ3n) is 4.62. The standard InChI is InChI=1S/C19H18ClN3O2/c1-25-18-17(12-5-3-2-4-6-12)19(24)23-14(8-10-16(23)22-18)13-7-9-15(20)21-11-13/h2-7,9,11,14-15,21H,8,10H2,1H3. The molecule has 25 heavy (non-hydrogen) atoms. The Bertz CT molecular complexity index is 918. The molecule has 2 aliphatic heterocycles. The number of ether oxygens (including phenoxy) is 1. The Hall–Kier alpha value is -2.53. The van der Waals surface area contributed by atoms with Crippen molar-refractivity contribution in [2.75, 3.05) is 7.11 Å². The van der Waals surface area contributed by atoms with Gasteiger partial charge < -0.3 is 10.1 Å². The Morgan fingerprint density at radius 2 is 2.12 bits per heavy atom. The highest BCUT2D eigenvalue weighted by Gasteiger charge is 2.30. The van der Waals surface area contributed by atoms with Gasteiger partial charge in [-0.15, -0.1) is 0 Å². The van der Waals surface area contributed by atoms with Crippen molar-refractivity contribution < 1.29 is 4.74 Å². The van der Waals surface area contributed by atoms with E-state index < -0.39 is 0 Å². The second-order valence-corrected chi connectivity index (χ2v) is 6.55. The fraction of sp³-hybridized carbons (Fsp3) is 0.263. The van der Waals surface area contributed by atoms with Gasteiger partial charge in [-0.1, -0.05) is 48.0 Å². The van der Waals surface area contributed by atoms with Crippen molar-refractivity contribution in [3.63, 3.8) is 0 Å². The number of rotatable bonds is 3. The van der Waals surface area contributed by atoms with Crippen LogP contribution in [0.2, 0.25) is 0 Å². The minimum absolute atomic E-state index is 0.0451. The number of dihydropyridines is 1. The van der Waals surface area contributed by atoms with Crippen LogP contribution in [0, 0.1) is 0 Å². The van der Waals surface area contributed by atoms with E-state index in [-0.39, 0.29) is 17.1 Å². The summed E-state index contributed by atoms with van der Waals surface area (Å²) in [5.74, 6) is 1.14. The highest BCUT2D eigenvalue weighted by molar-refractivity contribution is 6.21. The van der Waals surface area contributed by atoms with Crippen LogP contribution < -0.4 is 15.6 Å². The number of aromatic nitrogens is 2. The van der Waals surface area contributed by atoms with E-state index in [1.54, 1.807) is 11.7 Å². The van der Waals surface area contributed by atoms with Crippen LogP contribution in [0.25, 0.3) is 11.1 Å². The van der Waals surface area contributed by atoms with Crippen molar-refractivity contribution in [1.82, 2.24) is 14.9 Å². The molecule has 0 spiro atoms. The molecular weight excluding hydrogens is 338 g/mol. The zero-order valence-electron chi connectivity index (χ0n) is 13.8. The molecular formula is C19H18ClN3O2. The summed E-state index contributed by atoms with van der Waals surface area (Å²) in [4.78, 5) is 17.9. The highest BCUT2D eigenvalue weighted by Crippen LogP contribution is 2.34. The molecule has 128 valence electrons. The summed E-state index contributed by atoms with van der Waals surface area (Å²) in [6.07, 6.45) is 7.31. The second kappa shape index (κ2) is 6.41. The molecule has 1 aromatic heterocycles. The lowest BCUT2D eigenvalue weighted by atomic mass is 10.0. The fourth-order valence-electron chi connectivity index (χ4n) is 3.45. The van der Waals surface area contributed by atoms with Crippen LogP contribution >= 0.6 is 11.6 Å². The van der Waals surface area contributed by atoms with Gasteiger partial charge in [0, 0.05) is 12.6 Å². The van der Waals surface area contributed by atoms with Crippen LogP contribution in [0.5, 0.6) is 5.88 Å². The molecule has 2 aliphatic rings. The summed E-state index contributed by atoms with van der Waals surface area (Å²) in [6, 6.07) is 9.48. The Morgan fingerprint density at radius 3 is 2.80 bits per heavy atom. The monoisotopic (exact) mass is 355 g/mol. The molecule has 2 aromatic rings. The summed E-state index contributed by atoms with van der Waals surface area (Å²) in [6.45, 7) is 0. The number of methoxy groups -OCH3 is 1. The van der Waals surface area contributed by atoms with Gasteiger partial charge in [-0.25, -0.2) is 0 Å². The molecule has 2 unspecified atom stereocenters. The van der Waals surface area contributed by atoms with Crippen LogP contribution in [-0.2, 0) is 6.42 Å². The van der Waals surface area contributed by atoms with E-state index in [0.717, 1.165) is 29.8 Å². The normalized spacial score (nSPS) is 21.4. The maximum absolute atomic E-state index is 13.3. The maximum Gasteiger partial charge on any atom is 0.265 e. The van der Waals surface area contributed by atoms with E-state index in [2.05, 4.69) is 10.3 Å². The first-order valence-electron chi connectivity index (χ1n) is 8.22. The van der Waals surface area contributed by atoms with Gasteiger partial charge in [-0.3, -0.25) is 9.36 Å².